The van der Waals surface area contributed by atoms with Crippen LogP contribution in [0.3, 0.4) is 0 Å². The molecule has 0 saturated heterocycles. The highest BCUT2D eigenvalue weighted by molar-refractivity contribution is 9.10. The highest BCUT2D eigenvalue weighted by atomic mass is 79.9. The van der Waals surface area contributed by atoms with Gasteiger partial charge in [0.2, 0.25) is 0 Å². The van der Waals surface area contributed by atoms with Gasteiger partial charge in [-0.05, 0) is 58.7 Å². The van der Waals surface area contributed by atoms with Crippen LogP contribution in [0.15, 0.2) is 28.7 Å². The lowest BCUT2D eigenvalue weighted by Gasteiger charge is -2.19. The summed E-state index contributed by atoms with van der Waals surface area (Å²) in [5.74, 6) is -0.207. The molecule has 0 aliphatic heterocycles. The number of halogens is 3. The highest BCUT2D eigenvalue weighted by Gasteiger charge is 2.19. The third-order valence-corrected chi connectivity index (χ3v) is 5.44. The third-order valence-electron chi connectivity index (χ3n) is 2.90. The maximum atomic E-state index is 13.2. The molecule has 0 saturated carbocycles. The first-order valence-corrected chi connectivity index (χ1v) is 7.95. The lowest BCUT2D eigenvalue weighted by molar-refractivity contribution is 0.613. The SMILES string of the molecule is CCNC(c1cc(Br)c(Cl)s1)c1ccc(F)cc1C. The summed E-state index contributed by atoms with van der Waals surface area (Å²) in [7, 11) is 0. The topological polar surface area (TPSA) is 12.0 Å². The molecule has 0 aliphatic rings. The molecule has 1 N–H and O–H groups in total. The monoisotopic (exact) mass is 361 g/mol. The van der Waals surface area contributed by atoms with E-state index in [0.717, 1.165) is 31.4 Å². The molecule has 0 aliphatic carbocycles. The molecule has 2 rings (SSSR count). The van der Waals surface area contributed by atoms with Gasteiger partial charge in [-0.2, -0.15) is 0 Å². The van der Waals surface area contributed by atoms with Crippen LogP contribution in [0.25, 0.3) is 0 Å². The summed E-state index contributed by atoms with van der Waals surface area (Å²) >= 11 is 11.1. The van der Waals surface area contributed by atoms with Gasteiger partial charge in [0.15, 0.2) is 0 Å². The summed E-state index contributed by atoms with van der Waals surface area (Å²) in [5, 5.41) is 3.42. The second-order valence-electron chi connectivity index (χ2n) is 4.26. The van der Waals surface area contributed by atoms with Crippen LogP contribution in [0.4, 0.5) is 4.39 Å². The molecule has 5 heteroatoms. The quantitative estimate of drug-likeness (QED) is 0.777. The van der Waals surface area contributed by atoms with Crippen molar-refractivity contribution in [2.24, 2.45) is 0 Å². The molecule has 1 aromatic heterocycles. The third kappa shape index (κ3) is 3.37. The van der Waals surface area contributed by atoms with Crippen molar-refractivity contribution >= 4 is 38.9 Å². The van der Waals surface area contributed by atoms with E-state index in [4.69, 9.17) is 11.6 Å². The predicted molar refractivity (Wildman–Crippen MR) is 83.7 cm³/mol. The Balaban J connectivity index is 2.44. The van der Waals surface area contributed by atoms with E-state index >= 15 is 0 Å². The lowest BCUT2D eigenvalue weighted by Crippen LogP contribution is -2.22. The Kier molecular flexibility index (Phi) is 5.01. The van der Waals surface area contributed by atoms with Gasteiger partial charge in [0.05, 0.1) is 6.04 Å². The fourth-order valence-corrected chi connectivity index (χ4v) is 3.87. The maximum absolute atomic E-state index is 13.2. The summed E-state index contributed by atoms with van der Waals surface area (Å²) in [6.07, 6.45) is 0. The average Bonchev–Trinajstić information content (AvgIpc) is 2.67. The summed E-state index contributed by atoms with van der Waals surface area (Å²) in [6, 6.07) is 6.95. The van der Waals surface area contributed by atoms with Crippen molar-refractivity contribution in [1.29, 1.82) is 0 Å². The van der Waals surface area contributed by atoms with E-state index in [0.29, 0.717) is 0 Å². The van der Waals surface area contributed by atoms with E-state index in [2.05, 4.69) is 28.2 Å². The van der Waals surface area contributed by atoms with Crippen LogP contribution in [-0.2, 0) is 0 Å². The van der Waals surface area contributed by atoms with Crippen molar-refractivity contribution < 1.29 is 4.39 Å². The summed E-state index contributed by atoms with van der Waals surface area (Å²) in [4.78, 5) is 1.12. The van der Waals surface area contributed by atoms with Gasteiger partial charge in [0.25, 0.3) is 0 Å². The molecule has 1 heterocycles. The minimum atomic E-state index is -0.207. The molecular weight excluding hydrogens is 349 g/mol. The molecule has 0 fully saturated rings. The van der Waals surface area contributed by atoms with Crippen LogP contribution in [0.2, 0.25) is 4.34 Å². The Morgan fingerprint density at radius 3 is 2.68 bits per heavy atom. The van der Waals surface area contributed by atoms with Gasteiger partial charge in [0, 0.05) is 9.35 Å². The first-order valence-electron chi connectivity index (χ1n) is 5.97. The largest absolute Gasteiger partial charge is 0.306 e. The minimum Gasteiger partial charge on any atom is -0.306 e. The van der Waals surface area contributed by atoms with E-state index in [-0.39, 0.29) is 11.9 Å². The highest BCUT2D eigenvalue weighted by Crippen LogP contribution is 2.38. The van der Waals surface area contributed by atoms with Gasteiger partial charge in [0.1, 0.15) is 10.2 Å². The molecule has 0 bridgehead atoms. The number of nitrogens with one attached hydrogen (secondary N) is 1. The van der Waals surface area contributed by atoms with Gasteiger partial charge in [-0.15, -0.1) is 11.3 Å². The van der Waals surface area contributed by atoms with Crippen molar-refractivity contribution in [3.63, 3.8) is 0 Å². The molecule has 0 radical (unpaired) electrons. The number of rotatable bonds is 4. The van der Waals surface area contributed by atoms with Gasteiger partial charge >= 0.3 is 0 Å². The normalized spacial score (nSPS) is 12.7. The fraction of sp³-hybridized carbons (Fsp3) is 0.286. The van der Waals surface area contributed by atoms with Crippen molar-refractivity contribution in [2.75, 3.05) is 6.54 Å². The Morgan fingerprint density at radius 1 is 1.42 bits per heavy atom. The zero-order chi connectivity index (χ0) is 14.0. The molecule has 1 atom stereocenters. The van der Waals surface area contributed by atoms with E-state index < -0.39 is 0 Å². The number of thiophene rings is 1. The second-order valence-corrected chi connectivity index (χ2v) is 6.80. The molecule has 1 aromatic carbocycles. The molecular formula is C14H14BrClFNS. The molecule has 0 spiro atoms. The number of hydrogen-bond donors (Lipinski definition) is 1. The summed E-state index contributed by atoms with van der Waals surface area (Å²) < 4.78 is 14.9. The van der Waals surface area contributed by atoms with Crippen molar-refractivity contribution in [3.05, 3.63) is 54.9 Å². The standard InChI is InChI=1S/C14H14BrClFNS/c1-3-18-13(12-7-11(15)14(16)19-12)10-5-4-9(17)6-8(10)2/h4-7,13,18H,3H2,1-2H3. The number of hydrogen-bond acceptors (Lipinski definition) is 2. The van der Waals surface area contributed by atoms with Gasteiger partial charge < -0.3 is 5.32 Å². The van der Waals surface area contributed by atoms with Crippen LogP contribution < -0.4 is 5.32 Å². The Bertz CT molecular complexity index is 565. The second kappa shape index (κ2) is 6.35. The van der Waals surface area contributed by atoms with Gasteiger partial charge in [-0.3, -0.25) is 0 Å². The van der Waals surface area contributed by atoms with E-state index in [1.54, 1.807) is 6.07 Å². The Labute approximate surface area is 129 Å². The Hall–Kier alpha value is -0.420. The number of aryl methyl sites for hydroxylation is 1. The van der Waals surface area contributed by atoms with Gasteiger partial charge in [-0.1, -0.05) is 24.6 Å². The fourth-order valence-electron chi connectivity index (χ4n) is 2.04. The molecule has 1 nitrogen and oxygen atoms in total. The molecule has 2 aromatic rings. The van der Waals surface area contributed by atoms with Crippen LogP contribution in [0, 0.1) is 12.7 Å². The van der Waals surface area contributed by atoms with Crippen molar-refractivity contribution in [2.45, 2.75) is 19.9 Å². The van der Waals surface area contributed by atoms with Crippen LogP contribution in [0.1, 0.15) is 29.0 Å². The zero-order valence-electron chi connectivity index (χ0n) is 10.6. The first-order chi connectivity index (χ1) is 9.02. The van der Waals surface area contributed by atoms with E-state index in [1.807, 2.05) is 19.1 Å². The van der Waals surface area contributed by atoms with Gasteiger partial charge in [-0.25, -0.2) is 4.39 Å². The zero-order valence-corrected chi connectivity index (χ0v) is 13.8. The number of benzene rings is 1. The molecule has 102 valence electrons. The first kappa shape index (κ1) is 15.0. The predicted octanol–water partition coefficient (Wildman–Crippen LogP) is 5.31. The maximum Gasteiger partial charge on any atom is 0.123 e. The Morgan fingerprint density at radius 2 is 2.16 bits per heavy atom. The van der Waals surface area contributed by atoms with E-state index in [1.165, 1.54) is 17.4 Å². The smallest absolute Gasteiger partial charge is 0.123 e. The summed E-state index contributed by atoms with van der Waals surface area (Å²) in [5.41, 5.74) is 2.01. The molecule has 1 unspecified atom stereocenters. The average molecular weight is 363 g/mol. The van der Waals surface area contributed by atoms with Crippen molar-refractivity contribution in [3.8, 4) is 0 Å². The molecule has 0 amide bonds. The minimum absolute atomic E-state index is 0.0411. The lowest BCUT2D eigenvalue weighted by atomic mass is 10.00. The van der Waals surface area contributed by atoms with Crippen LogP contribution >= 0.6 is 38.9 Å². The van der Waals surface area contributed by atoms with Crippen LogP contribution in [0.5, 0.6) is 0 Å². The van der Waals surface area contributed by atoms with Crippen LogP contribution in [-0.4, -0.2) is 6.54 Å². The van der Waals surface area contributed by atoms with Crippen molar-refractivity contribution in [1.82, 2.24) is 5.32 Å². The molecule has 19 heavy (non-hydrogen) atoms. The van der Waals surface area contributed by atoms with E-state index in [9.17, 15) is 4.39 Å². The summed E-state index contributed by atoms with van der Waals surface area (Å²) in [6.45, 7) is 4.80.